The predicted octanol–water partition coefficient (Wildman–Crippen LogP) is 1.79. The number of benzene rings is 1. The highest BCUT2D eigenvalue weighted by Crippen LogP contribution is 2.18. The number of amides is 1. The molecule has 1 atom stereocenters. The molecule has 122 valence electrons. The van der Waals surface area contributed by atoms with Crippen LogP contribution in [-0.2, 0) is 20.7 Å². The van der Waals surface area contributed by atoms with E-state index in [1.54, 1.807) is 17.8 Å². The normalized spacial score (nSPS) is 11.6. The van der Waals surface area contributed by atoms with Crippen LogP contribution in [0.3, 0.4) is 0 Å². The van der Waals surface area contributed by atoms with Crippen molar-refractivity contribution in [2.75, 3.05) is 26.2 Å². The Kier molecular flexibility index (Phi) is 7.73. The lowest BCUT2D eigenvalue weighted by molar-refractivity contribution is -0.145. The molecule has 7 heteroatoms. The molecule has 0 radical (unpaired) electrons. The van der Waals surface area contributed by atoms with Gasteiger partial charge in [-0.05, 0) is 36.1 Å². The number of carbonyl (C=O) groups excluding carboxylic acids is 2. The van der Waals surface area contributed by atoms with Crippen LogP contribution in [0.25, 0.3) is 0 Å². The van der Waals surface area contributed by atoms with E-state index in [1.165, 1.54) is 26.4 Å². The Bertz CT molecular complexity index is 524. The molecule has 0 aliphatic rings. The number of carbonyl (C=O) groups is 2. The number of nitrogens with one attached hydrogen (secondary N) is 1. The molecule has 0 fully saturated rings. The Morgan fingerprint density at radius 2 is 2.09 bits per heavy atom. The largest absolute Gasteiger partial charge is 0.494 e. The number of thioether (sulfide) groups is 1. The summed E-state index contributed by atoms with van der Waals surface area (Å²) in [4.78, 5) is 23.6. The van der Waals surface area contributed by atoms with E-state index in [1.807, 2.05) is 6.26 Å². The van der Waals surface area contributed by atoms with Crippen LogP contribution in [0.1, 0.15) is 12.0 Å². The maximum Gasteiger partial charge on any atom is 0.328 e. The monoisotopic (exact) mass is 329 g/mol. The zero-order valence-corrected chi connectivity index (χ0v) is 13.7. The molecule has 0 heterocycles. The summed E-state index contributed by atoms with van der Waals surface area (Å²) >= 11 is 1.57. The second kappa shape index (κ2) is 9.30. The van der Waals surface area contributed by atoms with Crippen LogP contribution in [-0.4, -0.2) is 44.1 Å². The summed E-state index contributed by atoms with van der Waals surface area (Å²) in [6, 6.07) is 3.63. The van der Waals surface area contributed by atoms with E-state index in [0.29, 0.717) is 12.0 Å². The van der Waals surface area contributed by atoms with Gasteiger partial charge in [-0.2, -0.15) is 11.8 Å². The first kappa shape index (κ1) is 18.3. The number of rotatable bonds is 8. The summed E-state index contributed by atoms with van der Waals surface area (Å²) in [6.07, 6.45) is 2.38. The van der Waals surface area contributed by atoms with Gasteiger partial charge in [0.1, 0.15) is 6.04 Å². The van der Waals surface area contributed by atoms with Crippen LogP contribution in [0.15, 0.2) is 18.2 Å². The van der Waals surface area contributed by atoms with Gasteiger partial charge in [-0.25, -0.2) is 9.18 Å². The van der Waals surface area contributed by atoms with Crippen molar-refractivity contribution in [2.24, 2.45) is 0 Å². The average Bonchev–Trinajstić information content (AvgIpc) is 2.50. The van der Waals surface area contributed by atoms with E-state index in [9.17, 15) is 14.0 Å². The first-order chi connectivity index (χ1) is 10.5. The fourth-order valence-corrected chi connectivity index (χ4v) is 2.35. The molecule has 0 unspecified atom stereocenters. The van der Waals surface area contributed by atoms with Gasteiger partial charge in [-0.1, -0.05) is 6.07 Å². The van der Waals surface area contributed by atoms with Crippen LogP contribution in [0.2, 0.25) is 0 Å². The highest BCUT2D eigenvalue weighted by Gasteiger charge is 2.21. The Labute approximate surface area is 133 Å². The second-order valence-corrected chi connectivity index (χ2v) is 5.56. The standard InChI is InChI=1S/C15H20FNO4S/c1-20-13-5-4-10(8-11(13)16)9-14(18)17-12(6-7-22-3)15(19)21-2/h4-5,8,12H,6-7,9H2,1-3H3,(H,17,18)/t12-/m1/s1. The molecule has 1 amide bonds. The van der Waals surface area contributed by atoms with E-state index in [4.69, 9.17) is 4.74 Å². The zero-order chi connectivity index (χ0) is 16.5. The third-order valence-corrected chi connectivity index (χ3v) is 3.66. The minimum atomic E-state index is -0.687. The summed E-state index contributed by atoms with van der Waals surface area (Å²) in [5.74, 6) is -0.530. The minimum Gasteiger partial charge on any atom is -0.494 e. The van der Waals surface area contributed by atoms with Crippen LogP contribution < -0.4 is 10.1 Å². The number of halogens is 1. The molecule has 1 aromatic carbocycles. The number of hydrogen-bond acceptors (Lipinski definition) is 5. The van der Waals surface area contributed by atoms with Gasteiger partial charge in [0.15, 0.2) is 11.6 Å². The molecule has 1 N–H and O–H groups in total. The van der Waals surface area contributed by atoms with Crippen LogP contribution in [0.5, 0.6) is 5.75 Å². The van der Waals surface area contributed by atoms with Gasteiger partial charge in [0.25, 0.3) is 0 Å². The molecule has 0 bridgehead atoms. The smallest absolute Gasteiger partial charge is 0.328 e. The van der Waals surface area contributed by atoms with Gasteiger partial charge in [-0.15, -0.1) is 0 Å². The molecular formula is C15H20FNO4S. The summed E-state index contributed by atoms with van der Waals surface area (Å²) in [7, 11) is 2.65. The molecular weight excluding hydrogens is 309 g/mol. The maximum atomic E-state index is 13.6. The van der Waals surface area contributed by atoms with Gasteiger partial charge >= 0.3 is 5.97 Å². The topological polar surface area (TPSA) is 64.6 Å². The van der Waals surface area contributed by atoms with Crippen LogP contribution in [0.4, 0.5) is 4.39 Å². The molecule has 0 aliphatic carbocycles. The fourth-order valence-electron chi connectivity index (χ4n) is 1.88. The molecule has 0 aromatic heterocycles. The quantitative estimate of drug-likeness (QED) is 0.737. The fraction of sp³-hybridized carbons (Fsp3) is 0.467. The Balaban J connectivity index is 2.66. The minimum absolute atomic E-state index is 0.0202. The first-order valence-corrected chi connectivity index (χ1v) is 8.09. The molecule has 0 saturated heterocycles. The summed E-state index contributed by atoms with van der Waals surface area (Å²) in [5, 5.41) is 2.62. The molecule has 5 nitrogen and oxygen atoms in total. The highest BCUT2D eigenvalue weighted by molar-refractivity contribution is 7.98. The van der Waals surface area contributed by atoms with Crippen LogP contribution >= 0.6 is 11.8 Å². The third kappa shape index (κ3) is 5.55. The summed E-state index contributed by atoms with van der Waals surface area (Å²) in [6.45, 7) is 0. The maximum absolute atomic E-state index is 13.6. The van der Waals surface area contributed by atoms with E-state index in [-0.39, 0.29) is 18.1 Å². The van der Waals surface area contributed by atoms with Crippen molar-refractivity contribution in [3.8, 4) is 5.75 Å². The lowest BCUT2D eigenvalue weighted by Crippen LogP contribution is -2.42. The van der Waals surface area contributed by atoms with Crippen molar-refractivity contribution in [3.63, 3.8) is 0 Å². The number of hydrogen-bond donors (Lipinski definition) is 1. The predicted molar refractivity (Wildman–Crippen MR) is 83.6 cm³/mol. The van der Waals surface area contributed by atoms with Gasteiger partial charge in [0.05, 0.1) is 20.6 Å². The molecule has 22 heavy (non-hydrogen) atoms. The summed E-state index contributed by atoms with van der Waals surface area (Å²) in [5.41, 5.74) is 0.504. The van der Waals surface area contributed by atoms with Gasteiger partial charge in [-0.3, -0.25) is 4.79 Å². The van der Waals surface area contributed by atoms with E-state index in [0.717, 1.165) is 5.75 Å². The zero-order valence-electron chi connectivity index (χ0n) is 12.8. The molecule has 1 rings (SSSR count). The number of ether oxygens (including phenoxy) is 2. The summed E-state index contributed by atoms with van der Waals surface area (Å²) < 4.78 is 23.1. The molecule has 1 aromatic rings. The number of esters is 1. The van der Waals surface area contributed by atoms with Crippen molar-refractivity contribution in [1.29, 1.82) is 0 Å². The lowest BCUT2D eigenvalue weighted by atomic mass is 10.1. The molecule has 0 spiro atoms. The lowest BCUT2D eigenvalue weighted by Gasteiger charge is -2.16. The van der Waals surface area contributed by atoms with Crippen molar-refractivity contribution in [1.82, 2.24) is 5.32 Å². The Morgan fingerprint density at radius 3 is 2.64 bits per heavy atom. The van der Waals surface area contributed by atoms with Crippen molar-refractivity contribution < 1.29 is 23.5 Å². The van der Waals surface area contributed by atoms with Gasteiger partial charge in [0, 0.05) is 0 Å². The van der Waals surface area contributed by atoms with E-state index in [2.05, 4.69) is 10.1 Å². The first-order valence-electron chi connectivity index (χ1n) is 6.70. The van der Waals surface area contributed by atoms with E-state index < -0.39 is 17.8 Å². The average molecular weight is 329 g/mol. The molecule has 0 aliphatic heterocycles. The van der Waals surface area contributed by atoms with Gasteiger partial charge in [0.2, 0.25) is 5.91 Å². The van der Waals surface area contributed by atoms with E-state index >= 15 is 0 Å². The SMILES string of the molecule is COC(=O)[C@@H](CCSC)NC(=O)Cc1ccc(OC)c(F)c1. The Morgan fingerprint density at radius 1 is 1.36 bits per heavy atom. The van der Waals surface area contributed by atoms with Crippen molar-refractivity contribution in [2.45, 2.75) is 18.9 Å². The van der Waals surface area contributed by atoms with Gasteiger partial charge < -0.3 is 14.8 Å². The van der Waals surface area contributed by atoms with Crippen molar-refractivity contribution in [3.05, 3.63) is 29.6 Å². The highest BCUT2D eigenvalue weighted by atomic mass is 32.2. The number of methoxy groups -OCH3 is 2. The molecule has 0 saturated carbocycles. The second-order valence-electron chi connectivity index (χ2n) is 4.57. The van der Waals surface area contributed by atoms with Crippen LogP contribution in [0, 0.1) is 5.82 Å². The Hall–Kier alpha value is -1.76. The third-order valence-electron chi connectivity index (χ3n) is 3.01. The van der Waals surface area contributed by atoms with Crippen molar-refractivity contribution >= 4 is 23.6 Å².